The zero-order valence-corrected chi connectivity index (χ0v) is 15.0. The van der Waals surface area contributed by atoms with Crippen LogP contribution in [0.25, 0.3) is 10.2 Å². The summed E-state index contributed by atoms with van der Waals surface area (Å²) in [6, 6.07) is 2.03. The Morgan fingerprint density at radius 3 is 2.55 bits per heavy atom. The standard InChI is InChI=1S/C17H27N3OS/c1-5-9-15-18-16-14(12-13(6-2)22-16)17(21)20(15)11-10-19(7-3)8-4/h12H,5-11H2,1-4H3. The van der Waals surface area contributed by atoms with Crippen LogP contribution < -0.4 is 5.56 Å². The number of hydrogen-bond acceptors (Lipinski definition) is 4. The molecule has 0 unspecified atom stereocenters. The summed E-state index contributed by atoms with van der Waals surface area (Å²) in [5, 5.41) is 0.793. The van der Waals surface area contributed by atoms with Crippen molar-refractivity contribution in [2.24, 2.45) is 0 Å². The Morgan fingerprint density at radius 2 is 1.95 bits per heavy atom. The van der Waals surface area contributed by atoms with E-state index in [1.165, 1.54) is 4.88 Å². The van der Waals surface area contributed by atoms with Gasteiger partial charge in [0, 0.05) is 24.4 Å². The van der Waals surface area contributed by atoms with Gasteiger partial charge in [-0.25, -0.2) is 4.98 Å². The maximum absolute atomic E-state index is 12.9. The third-order valence-electron chi connectivity index (χ3n) is 4.14. The van der Waals surface area contributed by atoms with Gasteiger partial charge in [-0.3, -0.25) is 9.36 Å². The molecule has 0 saturated carbocycles. The van der Waals surface area contributed by atoms with Crippen LogP contribution in [0.15, 0.2) is 10.9 Å². The summed E-state index contributed by atoms with van der Waals surface area (Å²) in [6.07, 6.45) is 2.83. The summed E-state index contributed by atoms with van der Waals surface area (Å²) >= 11 is 1.66. The molecule has 0 atom stereocenters. The third kappa shape index (κ3) is 3.58. The van der Waals surface area contributed by atoms with E-state index in [0.717, 1.165) is 61.5 Å². The Bertz CT molecular complexity index is 670. The first kappa shape index (κ1) is 17.2. The van der Waals surface area contributed by atoms with Crippen LogP contribution in [0.1, 0.15) is 44.8 Å². The summed E-state index contributed by atoms with van der Waals surface area (Å²) in [5.41, 5.74) is 0.136. The molecule has 0 aromatic carbocycles. The maximum Gasteiger partial charge on any atom is 0.262 e. The molecule has 122 valence electrons. The average molecular weight is 321 g/mol. The zero-order chi connectivity index (χ0) is 16.1. The fourth-order valence-corrected chi connectivity index (χ4v) is 3.69. The second-order valence-electron chi connectivity index (χ2n) is 5.55. The molecule has 0 N–H and O–H groups in total. The average Bonchev–Trinajstić information content (AvgIpc) is 2.94. The first-order valence-electron chi connectivity index (χ1n) is 8.38. The highest BCUT2D eigenvalue weighted by molar-refractivity contribution is 7.18. The highest BCUT2D eigenvalue weighted by Gasteiger charge is 2.13. The van der Waals surface area contributed by atoms with E-state index in [-0.39, 0.29) is 5.56 Å². The van der Waals surface area contributed by atoms with Gasteiger partial charge < -0.3 is 4.90 Å². The number of thiophene rings is 1. The molecule has 0 saturated heterocycles. The quantitative estimate of drug-likeness (QED) is 0.748. The van der Waals surface area contributed by atoms with E-state index in [1.807, 2.05) is 10.6 Å². The summed E-state index contributed by atoms with van der Waals surface area (Å²) in [5.74, 6) is 0.941. The van der Waals surface area contributed by atoms with Crippen molar-refractivity contribution < 1.29 is 0 Å². The molecule has 0 fully saturated rings. The molecule has 5 heteroatoms. The molecular formula is C17H27N3OS. The van der Waals surface area contributed by atoms with E-state index < -0.39 is 0 Å². The van der Waals surface area contributed by atoms with E-state index in [4.69, 9.17) is 4.98 Å². The van der Waals surface area contributed by atoms with Gasteiger partial charge in [-0.15, -0.1) is 11.3 Å². The molecule has 2 rings (SSSR count). The molecule has 2 aromatic rings. The predicted molar refractivity (Wildman–Crippen MR) is 95.0 cm³/mol. The van der Waals surface area contributed by atoms with Crippen molar-refractivity contribution in [2.45, 2.75) is 53.5 Å². The molecule has 0 aliphatic rings. The van der Waals surface area contributed by atoms with Gasteiger partial charge in [-0.1, -0.05) is 27.7 Å². The lowest BCUT2D eigenvalue weighted by Crippen LogP contribution is -2.33. The molecule has 0 spiro atoms. The SMILES string of the molecule is CCCc1nc2sc(CC)cc2c(=O)n1CCN(CC)CC. The molecule has 0 amide bonds. The van der Waals surface area contributed by atoms with Gasteiger partial charge >= 0.3 is 0 Å². The number of nitrogens with zero attached hydrogens (tertiary/aromatic N) is 3. The van der Waals surface area contributed by atoms with E-state index in [0.29, 0.717) is 0 Å². The van der Waals surface area contributed by atoms with Gasteiger partial charge in [0.2, 0.25) is 0 Å². The van der Waals surface area contributed by atoms with Crippen molar-refractivity contribution in [1.29, 1.82) is 0 Å². The van der Waals surface area contributed by atoms with Crippen molar-refractivity contribution in [2.75, 3.05) is 19.6 Å². The van der Waals surface area contributed by atoms with Gasteiger partial charge in [0.05, 0.1) is 5.39 Å². The normalized spacial score (nSPS) is 11.7. The summed E-state index contributed by atoms with van der Waals surface area (Å²) < 4.78 is 1.90. The van der Waals surface area contributed by atoms with Gasteiger partial charge in [0.25, 0.3) is 5.56 Å². The smallest absolute Gasteiger partial charge is 0.262 e. The monoisotopic (exact) mass is 321 g/mol. The van der Waals surface area contributed by atoms with Crippen molar-refractivity contribution in [1.82, 2.24) is 14.5 Å². The minimum absolute atomic E-state index is 0.136. The van der Waals surface area contributed by atoms with Gasteiger partial charge in [-0.2, -0.15) is 0 Å². The number of likely N-dealkylation sites (N-methyl/N-ethyl adjacent to an activating group) is 1. The second-order valence-corrected chi connectivity index (χ2v) is 6.66. The minimum atomic E-state index is 0.136. The van der Waals surface area contributed by atoms with Crippen LogP contribution in [0.2, 0.25) is 0 Å². The van der Waals surface area contributed by atoms with Crippen LogP contribution in [-0.2, 0) is 19.4 Å². The van der Waals surface area contributed by atoms with Crippen LogP contribution in [0, 0.1) is 0 Å². The second kappa shape index (κ2) is 7.88. The van der Waals surface area contributed by atoms with Gasteiger partial charge in [0.1, 0.15) is 10.7 Å². The van der Waals surface area contributed by atoms with Crippen molar-refractivity contribution in [3.8, 4) is 0 Å². The molecular weight excluding hydrogens is 294 g/mol. The largest absolute Gasteiger partial charge is 0.302 e. The number of aryl methyl sites for hydroxylation is 2. The van der Waals surface area contributed by atoms with Crippen LogP contribution in [0.3, 0.4) is 0 Å². The Labute approximate surface area is 136 Å². The van der Waals surface area contributed by atoms with Crippen LogP contribution in [0.4, 0.5) is 0 Å². The molecule has 4 nitrogen and oxygen atoms in total. The Kier molecular flexibility index (Phi) is 6.15. The fourth-order valence-electron chi connectivity index (χ4n) is 2.71. The first-order valence-corrected chi connectivity index (χ1v) is 9.20. The number of aromatic nitrogens is 2. The molecule has 0 bridgehead atoms. The van der Waals surface area contributed by atoms with Crippen LogP contribution in [-0.4, -0.2) is 34.1 Å². The maximum atomic E-state index is 12.9. The lowest BCUT2D eigenvalue weighted by atomic mass is 10.2. The van der Waals surface area contributed by atoms with Crippen molar-refractivity contribution >= 4 is 21.6 Å². The Hall–Kier alpha value is -1.20. The predicted octanol–water partition coefficient (Wildman–Crippen LogP) is 3.31. The van der Waals surface area contributed by atoms with E-state index in [9.17, 15) is 4.79 Å². The minimum Gasteiger partial charge on any atom is -0.302 e. The zero-order valence-electron chi connectivity index (χ0n) is 14.2. The lowest BCUT2D eigenvalue weighted by molar-refractivity contribution is 0.287. The topological polar surface area (TPSA) is 38.1 Å². The molecule has 0 aliphatic carbocycles. The van der Waals surface area contributed by atoms with Crippen molar-refractivity contribution in [3.63, 3.8) is 0 Å². The summed E-state index contributed by atoms with van der Waals surface area (Å²) in [6.45, 7) is 12.2. The lowest BCUT2D eigenvalue weighted by Gasteiger charge is -2.19. The highest BCUT2D eigenvalue weighted by Crippen LogP contribution is 2.22. The number of hydrogen-bond donors (Lipinski definition) is 0. The Balaban J connectivity index is 2.42. The van der Waals surface area contributed by atoms with Gasteiger partial charge in [0.15, 0.2) is 0 Å². The summed E-state index contributed by atoms with van der Waals surface area (Å²) in [4.78, 5) is 22.1. The molecule has 22 heavy (non-hydrogen) atoms. The summed E-state index contributed by atoms with van der Waals surface area (Å²) in [7, 11) is 0. The van der Waals surface area contributed by atoms with E-state index in [2.05, 4.69) is 32.6 Å². The fraction of sp³-hybridized carbons (Fsp3) is 0.647. The number of rotatable bonds is 8. The molecule has 0 aliphatic heterocycles. The van der Waals surface area contributed by atoms with Gasteiger partial charge in [-0.05, 0) is 32.0 Å². The van der Waals surface area contributed by atoms with Crippen molar-refractivity contribution in [3.05, 3.63) is 27.1 Å². The Morgan fingerprint density at radius 1 is 1.23 bits per heavy atom. The van der Waals surface area contributed by atoms with Crippen LogP contribution in [0.5, 0.6) is 0 Å². The highest BCUT2D eigenvalue weighted by atomic mass is 32.1. The third-order valence-corrected chi connectivity index (χ3v) is 5.31. The van der Waals surface area contributed by atoms with Crippen LogP contribution >= 0.6 is 11.3 Å². The van der Waals surface area contributed by atoms with E-state index in [1.54, 1.807) is 11.3 Å². The first-order chi connectivity index (χ1) is 10.6. The van der Waals surface area contributed by atoms with E-state index >= 15 is 0 Å². The molecule has 2 aromatic heterocycles. The molecule has 2 heterocycles. The molecule has 0 radical (unpaired) electrons. The number of fused-ring (bicyclic) bond motifs is 1.